The zero-order valence-corrected chi connectivity index (χ0v) is 13.8. The molecule has 1 atom stereocenters. The first-order chi connectivity index (χ1) is 9.10. The van der Waals surface area contributed by atoms with Crippen LogP contribution in [0, 0.1) is 0 Å². The Balaban J connectivity index is 2.21. The van der Waals surface area contributed by atoms with E-state index < -0.39 is 5.54 Å². The lowest BCUT2D eigenvalue weighted by Crippen LogP contribution is -2.24. The monoisotopic (exact) mass is 316 g/mol. The third-order valence-electron chi connectivity index (χ3n) is 3.60. The van der Waals surface area contributed by atoms with Crippen LogP contribution in [0.3, 0.4) is 0 Å². The van der Waals surface area contributed by atoms with E-state index in [4.69, 9.17) is 26.3 Å². The number of anilines is 1. The van der Waals surface area contributed by atoms with Crippen molar-refractivity contribution in [2.75, 3.05) is 25.1 Å². The summed E-state index contributed by atoms with van der Waals surface area (Å²) in [6, 6.07) is 0. The fourth-order valence-corrected chi connectivity index (χ4v) is 5.69. The molecule has 3 rings (SSSR count). The number of aromatic nitrogens is 2. The van der Waals surface area contributed by atoms with Gasteiger partial charge in [0.25, 0.3) is 0 Å². The topological polar surface area (TPSA) is 42.6 Å². The number of fused-ring (bicyclic) bond motifs is 3. The van der Waals surface area contributed by atoms with Crippen LogP contribution >= 0.6 is 16.9 Å². The minimum absolute atomic E-state index is 0.659. The molecule has 0 aromatic carbocycles. The maximum atomic E-state index is 5.72. The van der Waals surface area contributed by atoms with Crippen molar-refractivity contribution in [1.29, 1.82) is 0 Å². The lowest BCUT2D eigenvalue weighted by atomic mass is 10.1. The van der Waals surface area contributed by atoms with Gasteiger partial charge in [-0.1, -0.05) is 11.4 Å². The van der Waals surface area contributed by atoms with Gasteiger partial charge in [-0.15, -0.1) is 0 Å². The number of nitrogens with zero attached hydrogens (tertiary/aromatic N) is 4. The van der Waals surface area contributed by atoms with E-state index in [1.165, 1.54) is 12.8 Å². The molecule has 19 heavy (non-hydrogen) atoms. The predicted molar refractivity (Wildman–Crippen MR) is 84.9 cm³/mol. The van der Waals surface area contributed by atoms with Gasteiger partial charge in [0.05, 0.1) is 7.11 Å². The van der Waals surface area contributed by atoms with Gasteiger partial charge in [0, 0.05) is 20.0 Å². The Bertz CT molecular complexity index is 598. The van der Waals surface area contributed by atoms with E-state index in [1.807, 2.05) is 13.3 Å². The average Bonchev–Trinajstić information content (AvgIpc) is 2.82. The number of methoxy groups -OCH3 is 1. The molecule has 0 spiro atoms. The Kier molecular flexibility index (Phi) is 3.39. The molecule has 2 aliphatic rings. The Labute approximate surface area is 122 Å². The molecule has 0 saturated carbocycles. The van der Waals surface area contributed by atoms with Gasteiger partial charge in [0.2, 0.25) is 11.4 Å². The van der Waals surface area contributed by atoms with Gasteiger partial charge in [-0.05, 0) is 30.9 Å². The lowest BCUT2D eigenvalue weighted by Gasteiger charge is -2.32. The molecule has 0 fully saturated rings. The van der Waals surface area contributed by atoms with Crippen molar-refractivity contribution < 1.29 is 4.74 Å². The molecule has 0 aliphatic carbocycles. The Morgan fingerprint density at radius 3 is 2.89 bits per heavy atom. The van der Waals surface area contributed by atoms with E-state index in [0.29, 0.717) is 5.90 Å². The minimum atomic E-state index is -2.03. The number of aryl methyl sites for hydroxylation is 1. The maximum Gasteiger partial charge on any atom is 0.243 e. The maximum absolute atomic E-state index is 5.72. The zero-order valence-electron chi connectivity index (χ0n) is 11.3. The molecule has 1 aromatic rings. The van der Waals surface area contributed by atoms with Crippen LogP contribution in [-0.4, -0.2) is 35.9 Å². The van der Waals surface area contributed by atoms with Crippen LogP contribution < -0.4 is 4.67 Å². The number of hydrogen-bond donors (Lipinski definition) is 0. The van der Waals surface area contributed by atoms with Crippen LogP contribution in [0.2, 0.25) is 0 Å². The van der Waals surface area contributed by atoms with Crippen molar-refractivity contribution in [3.63, 3.8) is 0 Å². The highest BCUT2D eigenvalue weighted by atomic mass is 32.9. The van der Waals surface area contributed by atoms with Gasteiger partial charge in [-0.25, -0.2) is 4.98 Å². The van der Waals surface area contributed by atoms with E-state index in [1.54, 1.807) is 18.5 Å². The second-order valence-corrected chi connectivity index (χ2v) is 11.6. The van der Waals surface area contributed by atoms with Crippen LogP contribution in [0.25, 0.3) is 0 Å². The molecule has 5 nitrogen and oxygen atoms in total. The molecule has 3 heterocycles. The van der Waals surface area contributed by atoms with E-state index in [0.717, 1.165) is 30.3 Å². The Hall–Kier alpha value is -0.520. The quantitative estimate of drug-likeness (QED) is 0.745. The van der Waals surface area contributed by atoms with E-state index in [-0.39, 0.29) is 0 Å². The van der Waals surface area contributed by atoms with Gasteiger partial charge < -0.3 is 14.0 Å². The summed E-state index contributed by atoms with van der Waals surface area (Å²) < 4.78 is 14.5. The normalized spacial score (nSPS) is 25.6. The molecule has 0 amide bonds. The van der Waals surface area contributed by atoms with Gasteiger partial charge in [-0.3, -0.25) is 0 Å². The van der Waals surface area contributed by atoms with Crippen molar-refractivity contribution in [2.24, 2.45) is 4.76 Å². The Morgan fingerprint density at radius 1 is 1.42 bits per heavy atom. The number of rotatable bonds is 1. The van der Waals surface area contributed by atoms with Gasteiger partial charge in [-0.2, -0.15) is 4.76 Å². The number of imidazole rings is 1. The summed E-state index contributed by atoms with van der Waals surface area (Å²) in [5.41, 5.74) is -1.02. The summed E-state index contributed by atoms with van der Waals surface area (Å²) in [7, 11) is 3.67. The number of hydrogen-bond acceptors (Lipinski definition) is 4. The summed E-state index contributed by atoms with van der Waals surface area (Å²) in [5.74, 6) is 2.74. The summed E-state index contributed by atoms with van der Waals surface area (Å²) in [6.45, 7) is 0.996. The highest BCUT2D eigenvalue weighted by Gasteiger charge is 2.36. The molecule has 0 radical (unpaired) electrons. The molecule has 2 aliphatic heterocycles. The zero-order chi connectivity index (χ0) is 13.6. The first-order valence-electron chi connectivity index (χ1n) is 6.24. The minimum Gasteiger partial charge on any atom is -0.479 e. The van der Waals surface area contributed by atoms with Crippen molar-refractivity contribution in [3.8, 4) is 0 Å². The van der Waals surface area contributed by atoms with Crippen molar-refractivity contribution in [3.05, 3.63) is 11.5 Å². The molecule has 0 unspecified atom stereocenters. The highest BCUT2D eigenvalue weighted by Crippen LogP contribution is 2.65. The highest BCUT2D eigenvalue weighted by molar-refractivity contribution is 8.70. The average molecular weight is 316 g/mol. The summed E-state index contributed by atoms with van der Waals surface area (Å²) in [4.78, 5) is 4.79. The molecule has 0 N–H and O–H groups in total. The summed E-state index contributed by atoms with van der Waals surface area (Å²) >= 11 is 7.34. The largest absolute Gasteiger partial charge is 0.479 e. The lowest BCUT2D eigenvalue weighted by molar-refractivity contribution is 0.399. The SMILES string of the molecule is COC1=N[P@@](=S)(SC)N(C)c2nc3n(c21)CCCC3. The van der Waals surface area contributed by atoms with E-state index >= 15 is 0 Å². The standard InChI is InChI=1S/C11H17N4OPS2/c1-14-10-9(11(16-2)13-17(14,18)19-3)15-7-5-4-6-8(15)12-10/h4-7H2,1-3H3/t17-/m1/s1. The molecule has 1 aromatic heterocycles. The summed E-state index contributed by atoms with van der Waals surface area (Å²) in [5, 5.41) is 0. The Morgan fingerprint density at radius 2 is 2.21 bits per heavy atom. The first kappa shape index (κ1) is 13.5. The molecular formula is C11H17N4OPS2. The third kappa shape index (κ3) is 1.94. The van der Waals surface area contributed by atoms with Crippen molar-refractivity contribution in [2.45, 2.75) is 25.8 Å². The van der Waals surface area contributed by atoms with Gasteiger partial charge >= 0.3 is 0 Å². The van der Waals surface area contributed by atoms with Crippen molar-refractivity contribution >= 4 is 40.4 Å². The van der Waals surface area contributed by atoms with E-state index in [9.17, 15) is 0 Å². The molecular weight excluding hydrogens is 299 g/mol. The fraction of sp³-hybridized carbons (Fsp3) is 0.636. The molecule has 0 bridgehead atoms. The van der Waals surface area contributed by atoms with Crippen LogP contribution in [0.15, 0.2) is 4.76 Å². The predicted octanol–water partition coefficient (Wildman–Crippen LogP) is 2.65. The number of ether oxygens (including phenoxy) is 1. The summed E-state index contributed by atoms with van der Waals surface area (Å²) in [6.07, 6.45) is 5.43. The fourth-order valence-electron chi connectivity index (χ4n) is 2.56. The van der Waals surface area contributed by atoms with E-state index in [2.05, 4.69) is 9.24 Å². The third-order valence-corrected chi connectivity index (χ3v) is 10.2. The smallest absolute Gasteiger partial charge is 0.243 e. The first-order valence-corrected chi connectivity index (χ1v) is 10.8. The van der Waals surface area contributed by atoms with Crippen LogP contribution in [0.1, 0.15) is 24.4 Å². The van der Waals surface area contributed by atoms with Gasteiger partial charge in [0.1, 0.15) is 11.5 Å². The van der Waals surface area contributed by atoms with Crippen LogP contribution in [0.4, 0.5) is 5.82 Å². The van der Waals surface area contributed by atoms with Crippen LogP contribution in [0.5, 0.6) is 0 Å². The molecule has 104 valence electrons. The van der Waals surface area contributed by atoms with Crippen molar-refractivity contribution in [1.82, 2.24) is 9.55 Å². The molecule has 0 saturated heterocycles. The molecule has 8 heteroatoms. The second kappa shape index (κ2) is 4.79. The van der Waals surface area contributed by atoms with Crippen LogP contribution in [-0.2, 0) is 29.5 Å². The second-order valence-electron chi connectivity index (χ2n) is 4.62. The van der Waals surface area contributed by atoms with Gasteiger partial charge in [0.15, 0.2) is 5.82 Å².